The number of piperidine rings is 1. The molecule has 1 aliphatic heterocycles. The van der Waals surface area contributed by atoms with Gasteiger partial charge in [-0.15, -0.1) is 0 Å². The van der Waals surface area contributed by atoms with E-state index in [-0.39, 0.29) is 17.5 Å². The molecule has 9 nitrogen and oxygen atoms in total. The van der Waals surface area contributed by atoms with Crippen molar-refractivity contribution in [2.75, 3.05) is 54.2 Å². The molecule has 2 aromatic rings. The minimum absolute atomic E-state index is 0.0545. The number of rotatable bonds is 14. The number of aryl methyl sites for hydroxylation is 2. The maximum atomic E-state index is 14.3. The number of pyridine rings is 1. The van der Waals surface area contributed by atoms with E-state index in [9.17, 15) is 9.59 Å². The zero-order chi connectivity index (χ0) is 27.8. The molecule has 1 aromatic carbocycles. The highest BCUT2D eigenvalue weighted by Crippen LogP contribution is 2.41. The lowest BCUT2D eigenvalue weighted by Gasteiger charge is -2.44. The predicted molar refractivity (Wildman–Crippen MR) is 149 cm³/mol. The number of benzene rings is 1. The van der Waals surface area contributed by atoms with Crippen molar-refractivity contribution in [1.29, 1.82) is 0 Å². The van der Waals surface area contributed by atoms with Crippen LogP contribution in [0.2, 0.25) is 0 Å². The molecule has 2 heterocycles. The summed E-state index contributed by atoms with van der Waals surface area (Å²) in [5, 5.41) is 3.40. The van der Waals surface area contributed by atoms with Crippen LogP contribution in [0.3, 0.4) is 0 Å². The molecule has 2 fully saturated rings. The Morgan fingerprint density at radius 2 is 1.85 bits per heavy atom. The molecular formula is C30H43N3O6. The molecule has 1 saturated carbocycles. The fourth-order valence-electron chi connectivity index (χ4n) is 5.55. The van der Waals surface area contributed by atoms with Gasteiger partial charge in [0.05, 0.1) is 12.5 Å². The number of ether oxygens (including phenoxy) is 4. The highest BCUT2D eigenvalue weighted by molar-refractivity contribution is 5.81. The van der Waals surface area contributed by atoms with Crippen LogP contribution in [-0.2, 0) is 44.6 Å². The number of carbonyl (C=O) groups excluding carboxylic acids is 1. The summed E-state index contributed by atoms with van der Waals surface area (Å²) in [4.78, 5) is 28.9. The molecule has 2 atom stereocenters. The predicted octanol–water partition coefficient (Wildman–Crippen LogP) is 2.63. The first-order valence-corrected chi connectivity index (χ1v) is 13.9. The van der Waals surface area contributed by atoms with Crippen molar-refractivity contribution in [3.8, 4) is 5.75 Å². The third-order valence-corrected chi connectivity index (χ3v) is 7.86. The van der Waals surface area contributed by atoms with Crippen molar-refractivity contribution in [1.82, 2.24) is 14.8 Å². The summed E-state index contributed by atoms with van der Waals surface area (Å²) >= 11 is 0. The standard InChI is InChI=1S/C30H43N3O6/c1-32-12-9-24(19-28(32)34)30(38-4)10-11-31-20-27(30)29(35)33(25-7-8-25)21-23-16-22(6-5-13-36-2)17-26(18-23)39-15-14-37-3/h9,12,16-19,25,27,31H,5-8,10-11,13-15,20-21H2,1-4H3. The van der Waals surface area contributed by atoms with Crippen molar-refractivity contribution >= 4 is 5.91 Å². The molecule has 2 aliphatic rings. The Labute approximate surface area is 231 Å². The van der Waals surface area contributed by atoms with E-state index in [4.69, 9.17) is 18.9 Å². The van der Waals surface area contributed by atoms with Gasteiger partial charge in [0, 0.05) is 66.4 Å². The molecule has 1 N–H and O–H groups in total. The molecule has 1 aromatic heterocycles. The number of methoxy groups -OCH3 is 3. The van der Waals surface area contributed by atoms with Crippen LogP contribution in [0.15, 0.2) is 41.3 Å². The summed E-state index contributed by atoms with van der Waals surface area (Å²) in [6.45, 7) is 3.35. The van der Waals surface area contributed by atoms with Crippen molar-refractivity contribution in [2.45, 2.75) is 50.3 Å². The van der Waals surface area contributed by atoms with Crippen LogP contribution >= 0.6 is 0 Å². The number of nitrogens with one attached hydrogen (secondary N) is 1. The van der Waals surface area contributed by atoms with E-state index >= 15 is 0 Å². The number of nitrogens with zero attached hydrogens (tertiary/aromatic N) is 2. The maximum Gasteiger partial charge on any atom is 0.250 e. The zero-order valence-corrected chi connectivity index (χ0v) is 23.7. The summed E-state index contributed by atoms with van der Waals surface area (Å²) in [6, 6.07) is 9.99. The van der Waals surface area contributed by atoms with Crippen LogP contribution in [0.4, 0.5) is 0 Å². The highest BCUT2D eigenvalue weighted by Gasteiger charge is 2.49. The number of amides is 1. The first-order valence-electron chi connectivity index (χ1n) is 13.9. The van der Waals surface area contributed by atoms with Gasteiger partial charge in [0.1, 0.15) is 18.0 Å². The average Bonchev–Trinajstić information content (AvgIpc) is 3.78. The molecular weight excluding hydrogens is 498 g/mol. The minimum Gasteiger partial charge on any atom is -0.491 e. The van der Waals surface area contributed by atoms with Gasteiger partial charge in [-0.3, -0.25) is 9.59 Å². The quantitative estimate of drug-likeness (QED) is 0.368. The molecule has 2 unspecified atom stereocenters. The van der Waals surface area contributed by atoms with Crippen LogP contribution in [0.5, 0.6) is 5.75 Å². The molecule has 0 spiro atoms. The number of aromatic nitrogens is 1. The van der Waals surface area contributed by atoms with Crippen LogP contribution in [0.25, 0.3) is 0 Å². The van der Waals surface area contributed by atoms with Gasteiger partial charge >= 0.3 is 0 Å². The number of carbonyl (C=O) groups is 1. The smallest absolute Gasteiger partial charge is 0.250 e. The summed E-state index contributed by atoms with van der Waals surface area (Å²) in [7, 11) is 6.74. The Morgan fingerprint density at radius 3 is 2.54 bits per heavy atom. The second kappa shape index (κ2) is 13.6. The Bertz CT molecular complexity index is 1140. The first kappa shape index (κ1) is 29.3. The fraction of sp³-hybridized carbons (Fsp3) is 0.600. The Balaban J connectivity index is 1.62. The largest absolute Gasteiger partial charge is 0.491 e. The SMILES string of the molecule is COCCCc1cc(CN(C(=O)C2CNCCC2(OC)c2ccn(C)c(=O)c2)C2CC2)cc(OCCOC)c1. The van der Waals surface area contributed by atoms with Crippen molar-refractivity contribution in [3.63, 3.8) is 0 Å². The van der Waals surface area contributed by atoms with Crippen LogP contribution in [-0.4, -0.2) is 75.7 Å². The van der Waals surface area contributed by atoms with E-state index in [1.54, 1.807) is 40.6 Å². The summed E-state index contributed by atoms with van der Waals surface area (Å²) < 4.78 is 24.1. The molecule has 1 amide bonds. The Kier molecular flexibility index (Phi) is 10.2. The average molecular weight is 542 g/mol. The van der Waals surface area contributed by atoms with E-state index in [2.05, 4.69) is 17.4 Å². The second-order valence-corrected chi connectivity index (χ2v) is 10.6. The molecule has 4 rings (SSSR count). The van der Waals surface area contributed by atoms with Gasteiger partial charge < -0.3 is 33.7 Å². The first-order chi connectivity index (χ1) is 18.9. The summed E-state index contributed by atoms with van der Waals surface area (Å²) in [6.07, 6.45) is 6.11. The molecule has 214 valence electrons. The van der Waals surface area contributed by atoms with Gasteiger partial charge in [0.2, 0.25) is 5.91 Å². The molecule has 1 aliphatic carbocycles. The van der Waals surface area contributed by atoms with E-state index in [1.165, 1.54) is 4.57 Å². The van der Waals surface area contributed by atoms with Gasteiger partial charge in [-0.25, -0.2) is 0 Å². The minimum atomic E-state index is -0.862. The summed E-state index contributed by atoms with van der Waals surface area (Å²) in [5.74, 6) is 0.385. The number of hydrogen-bond acceptors (Lipinski definition) is 7. The monoisotopic (exact) mass is 541 g/mol. The number of hydrogen-bond donors (Lipinski definition) is 1. The van der Waals surface area contributed by atoms with E-state index in [0.717, 1.165) is 48.1 Å². The lowest BCUT2D eigenvalue weighted by Crippen LogP contribution is -2.56. The maximum absolute atomic E-state index is 14.3. The fourth-order valence-corrected chi connectivity index (χ4v) is 5.55. The third kappa shape index (κ3) is 7.08. The van der Waals surface area contributed by atoms with Gasteiger partial charge in [0.15, 0.2) is 0 Å². The van der Waals surface area contributed by atoms with Crippen LogP contribution in [0, 0.1) is 5.92 Å². The molecule has 0 radical (unpaired) electrons. The Morgan fingerprint density at radius 1 is 1.08 bits per heavy atom. The topological polar surface area (TPSA) is 91.3 Å². The Hall–Kier alpha value is -2.72. The molecule has 0 bridgehead atoms. The van der Waals surface area contributed by atoms with Gasteiger partial charge in [0.25, 0.3) is 5.56 Å². The van der Waals surface area contributed by atoms with Crippen LogP contribution in [0.1, 0.15) is 42.4 Å². The highest BCUT2D eigenvalue weighted by atomic mass is 16.5. The van der Waals surface area contributed by atoms with Crippen molar-refractivity contribution in [2.24, 2.45) is 13.0 Å². The van der Waals surface area contributed by atoms with Crippen LogP contribution < -0.4 is 15.6 Å². The lowest BCUT2D eigenvalue weighted by atomic mass is 9.75. The zero-order valence-electron chi connectivity index (χ0n) is 23.7. The third-order valence-electron chi connectivity index (χ3n) is 7.86. The van der Waals surface area contributed by atoms with Gasteiger partial charge in [-0.05, 0) is 73.5 Å². The normalized spacial score (nSPS) is 21.1. The second-order valence-electron chi connectivity index (χ2n) is 10.6. The summed E-state index contributed by atoms with van der Waals surface area (Å²) in [5.41, 5.74) is 1.99. The van der Waals surface area contributed by atoms with E-state index < -0.39 is 11.5 Å². The molecule has 39 heavy (non-hydrogen) atoms. The lowest BCUT2D eigenvalue weighted by molar-refractivity contribution is -0.155. The van der Waals surface area contributed by atoms with Crippen molar-refractivity contribution in [3.05, 3.63) is 63.6 Å². The van der Waals surface area contributed by atoms with Gasteiger partial charge in [-0.2, -0.15) is 0 Å². The molecule has 9 heteroatoms. The van der Waals surface area contributed by atoms with E-state index in [0.29, 0.717) is 45.9 Å². The van der Waals surface area contributed by atoms with E-state index in [1.807, 2.05) is 17.0 Å². The van der Waals surface area contributed by atoms with Gasteiger partial charge in [-0.1, -0.05) is 6.07 Å². The van der Waals surface area contributed by atoms with Crippen molar-refractivity contribution < 1.29 is 23.7 Å². The molecule has 1 saturated heterocycles.